The van der Waals surface area contributed by atoms with E-state index in [1.807, 2.05) is 58.6 Å². The molecule has 0 saturated carbocycles. The summed E-state index contributed by atoms with van der Waals surface area (Å²) in [6.45, 7) is 12.7. The van der Waals surface area contributed by atoms with Crippen LogP contribution in [0.25, 0.3) is 0 Å². The summed E-state index contributed by atoms with van der Waals surface area (Å²) < 4.78 is 0. The minimum Gasteiger partial charge on any atom is -0.507 e. The molecule has 6 nitrogen and oxygen atoms in total. The van der Waals surface area contributed by atoms with Gasteiger partial charge in [-0.15, -0.1) is 11.8 Å². The zero-order valence-electron chi connectivity index (χ0n) is 19.5. The molecule has 0 amide bonds. The van der Waals surface area contributed by atoms with Crippen molar-refractivity contribution in [1.29, 1.82) is 0 Å². The maximum absolute atomic E-state index is 12.0. The van der Waals surface area contributed by atoms with Crippen LogP contribution in [0.15, 0.2) is 30.3 Å². The molecule has 3 rings (SSSR count). The molecule has 174 valence electrons. The van der Waals surface area contributed by atoms with Gasteiger partial charge in [0.2, 0.25) is 0 Å². The number of phenolic OH excluding ortho intramolecular Hbond substituents is 3. The number of carboxylic acid groups (broad SMARTS) is 1. The van der Waals surface area contributed by atoms with Crippen LogP contribution in [0.1, 0.15) is 69.2 Å². The second kappa shape index (κ2) is 8.52. The molecule has 2 unspecified atom stereocenters. The highest BCUT2D eigenvalue weighted by atomic mass is 32.2. The van der Waals surface area contributed by atoms with Crippen LogP contribution in [-0.2, 0) is 22.2 Å². The van der Waals surface area contributed by atoms with Gasteiger partial charge in [-0.2, -0.15) is 0 Å². The van der Waals surface area contributed by atoms with Crippen LogP contribution in [-0.4, -0.2) is 43.1 Å². The third kappa shape index (κ3) is 4.84. The molecular weight excluding hydrogens is 426 g/mol. The number of phenols is 3. The van der Waals surface area contributed by atoms with E-state index in [2.05, 4.69) is 0 Å². The van der Waals surface area contributed by atoms with E-state index in [1.165, 1.54) is 23.9 Å². The van der Waals surface area contributed by atoms with Crippen LogP contribution in [0.3, 0.4) is 0 Å². The summed E-state index contributed by atoms with van der Waals surface area (Å²) in [6, 6.07) is 7.87. The smallest absolute Gasteiger partial charge is 0.321 e. The van der Waals surface area contributed by atoms with Crippen molar-refractivity contribution in [3.8, 4) is 17.2 Å². The third-order valence-corrected chi connectivity index (χ3v) is 7.20. The van der Waals surface area contributed by atoms with Gasteiger partial charge >= 0.3 is 5.97 Å². The highest BCUT2D eigenvalue weighted by Crippen LogP contribution is 2.45. The summed E-state index contributed by atoms with van der Waals surface area (Å²) in [7, 11) is 0. The second-order valence-corrected chi connectivity index (χ2v) is 11.6. The van der Waals surface area contributed by atoms with Gasteiger partial charge in [-0.25, -0.2) is 0 Å². The number of aliphatic carboxylic acids is 1. The predicted octanol–water partition coefficient (Wildman–Crippen LogP) is 5.10. The molecule has 7 heteroatoms. The average molecular weight is 460 g/mol. The monoisotopic (exact) mass is 459 g/mol. The zero-order chi connectivity index (χ0) is 24.0. The number of aromatic hydroxyl groups is 3. The van der Waals surface area contributed by atoms with Crippen molar-refractivity contribution >= 4 is 17.7 Å². The molecule has 0 radical (unpaired) electrons. The fourth-order valence-corrected chi connectivity index (χ4v) is 5.52. The summed E-state index contributed by atoms with van der Waals surface area (Å²) in [4.78, 5) is 13.9. The number of benzene rings is 2. The SMILES string of the molecule is CC(C)(C)c1cc(CN2C(C(=O)O)CSC2c2ccc(O)c(O)c2)cc(C(C)(C)C)c1O. The molecular formula is C25H33NO5S. The Morgan fingerprint density at radius 1 is 0.969 bits per heavy atom. The highest BCUT2D eigenvalue weighted by molar-refractivity contribution is 7.99. The van der Waals surface area contributed by atoms with Crippen LogP contribution < -0.4 is 0 Å². The fraction of sp³-hybridized carbons (Fsp3) is 0.480. The molecule has 0 spiro atoms. The van der Waals surface area contributed by atoms with E-state index in [0.29, 0.717) is 18.0 Å². The maximum atomic E-state index is 12.0. The number of hydrogen-bond donors (Lipinski definition) is 4. The van der Waals surface area contributed by atoms with Gasteiger partial charge in [0.25, 0.3) is 0 Å². The lowest BCUT2D eigenvalue weighted by atomic mass is 9.78. The molecule has 1 aliphatic rings. The Balaban J connectivity index is 2.08. The standard InChI is InChI=1S/C25H33NO5S/c1-24(2,3)16-9-14(10-17(21(16)29)25(4,5)6)12-26-18(23(30)31)13-32-22(26)15-7-8-19(27)20(28)11-15/h7-11,18,22,27-29H,12-13H2,1-6H3,(H,30,31). The zero-order valence-corrected chi connectivity index (χ0v) is 20.3. The summed E-state index contributed by atoms with van der Waals surface area (Å²) in [6.07, 6.45) is 0. The number of hydrogen-bond acceptors (Lipinski definition) is 6. The quantitative estimate of drug-likeness (QED) is 0.472. The molecule has 2 aromatic carbocycles. The van der Waals surface area contributed by atoms with Crippen LogP contribution >= 0.6 is 11.8 Å². The molecule has 0 aromatic heterocycles. The first-order chi connectivity index (χ1) is 14.7. The van der Waals surface area contributed by atoms with Crippen molar-refractivity contribution in [1.82, 2.24) is 4.90 Å². The normalized spacial score (nSPS) is 19.9. The lowest BCUT2D eigenvalue weighted by molar-refractivity contribution is -0.142. The van der Waals surface area contributed by atoms with Crippen molar-refractivity contribution in [2.45, 2.75) is 70.3 Å². The predicted molar refractivity (Wildman–Crippen MR) is 127 cm³/mol. The van der Waals surface area contributed by atoms with E-state index in [0.717, 1.165) is 22.3 Å². The van der Waals surface area contributed by atoms with Gasteiger partial charge in [0.1, 0.15) is 11.8 Å². The van der Waals surface area contributed by atoms with Crippen molar-refractivity contribution in [2.75, 3.05) is 5.75 Å². The van der Waals surface area contributed by atoms with Crippen LogP contribution in [0.4, 0.5) is 0 Å². The van der Waals surface area contributed by atoms with E-state index in [4.69, 9.17) is 0 Å². The van der Waals surface area contributed by atoms with E-state index >= 15 is 0 Å². The molecule has 32 heavy (non-hydrogen) atoms. The molecule has 1 saturated heterocycles. The number of carboxylic acids is 1. The van der Waals surface area contributed by atoms with Gasteiger partial charge in [0, 0.05) is 12.3 Å². The fourth-order valence-electron chi connectivity index (χ4n) is 4.07. The van der Waals surface area contributed by atoms with Crippen LogP contribution in [0.2, 0.25) is 0 Å². The Bertz CT molecular complexity index is 987. The number of nitrogens with zero attached hydrogens (tertiary/aromatic N) is 1. The summed E-state index contributed by atoms with van der Waals surface area (Å²) in [5, 5.41) is 40.2. The van der Waals surface area contributed by atoms with Crippen molar-refractivity contribution in [3.63, 3.8) is 0 Å². The molecule has 1 fully saturated rings. The Morgan fingerprint density at radius 2 is 1.53 bits per heavy atom. The van der Waals surface area contributed by atoms with Crippen molar-refractivity contribution in [3.05, 3.63) is 52.6 Å². The van der Waals surface area contributed by atoms with E-state index in [-0.39, 0.29) is 27.7 Å². The summed E-state index contributed by atoms with van der Waals surface area (Å²) in [5.41, 5.74) is 2.76. The van der Waals surface area contributed by atoms with Gasteiger partial charge in [0.05, 0.1) is 5.37 Å². The van der Waals surface area contributed by atoms with Gasteiger partial charge in [-0.1, -0.05) is 59.7 Å². The Hall–Kier alpha value is -2.38. The largest absolute Gasteiger partial charge is 0.507 e. The highest BCUT2D eigenvalue weighted by Gasteiger charge is 2.40. The number of rotatable bonds is 4. The van der Waals surface area contributed by atoms with Crippen molar-refractivity contribution in [2.24, 2.45) is 0 Å². The lowest BCUT2D eigenvalue weighted by Crippen LogP contribution is -2.38. The minimum absolute atomic E-state index is 0.207. The van der Waals surface area contributed by atoms with Gasteiger partial charge in [-0.3, -0.25) is 9.69 Å². The van der Waals surface area contributed by atoms with E-state index in [9.17, 15) is 25.2 Å². The molecule has 1 heterocycles. The maximum Gasteiger partial charge on any atom is 0.321 e. The van der Waals surface area contributed by atoms with Crippen LogP contribution in [0.5, 0.6) is 17.2 Å². The molecule has 2 aromatic rings. The minimum atomic E-state index is -0.895. The Kier molecular flexibility index (Phi) is 6.46. The topological polar surface area (TPSA) is 101 Å². The Labute approximate surface area is 193 Å². The third-order valence-electron chi connectivity index (χ3n) is 5.83. The molecule has 0 bridgehead atoms. The molecule has 0 aliphatic carbocycles. The van der Waals surface area contributed by atoms with E-state index < -0.39 is 12.0 Å². The number of thioether (sulfide) groups is 1. The van der Waals surface area contributed by atoms with E-state index in [1.54, 1.807) is 6.07 Å². The average Bonchev–Trinajstić information content (AvgIpc) is 3.07. The lowest BCUT2D eigenvalue weighted by Gasteiger charge is -2.31. The van der Waals surface area contributed by atoms with Crippen molar-refractivity contribution < 1.29 is 25.2 Å². The molecule has 1 aliphatic heterocycles. The summed E-state index contributed by atoms with van der Waals surface area (Å²) in [5.74, 6) is -0.621. The van der Waals surface area contributed by atoms with Crippen LogP contribution in [0, 0.1) is 0 Å². The van der Waals surface area contributed by atoms with Gasteiger partial charge in [0.15, 0.2) is 11.5 Å². The van der Waals surface area contributed by atoms with Gasteiger partial charge < -0.3 is 20.4 Å². The first-order valence-electron chi connectivity index (χ1n) is 10.7. The first-order valence-corrected chi connectivity index (χ1v) is 11.7. The molecule has 4 N–H and O–H groups in total. The summed E-state index contributed by atoms with van der Waals surface area (Å²) >= 11 is 1.50. The molecule has 2 atom stereocenters. The second-order valence-electron chi connectivity index (χ2n) is 10.5. The Morgan fingerprint density at radius 3 is 2.00 bits per heavy atom. The first kappa shape index (κ1) is 24.3. The van der Waals surface area contributed by atoms with Gasteiger partial charge in [-0.05, 0) is 45.2 Å². The number of carbonyl (C=O) groups is 1.